The minimum atomic E-state index is -0.410. The van der Waals surface area contributed by atoms with Gasteiger partial charge in [-0.05, 0) is 42.2 Å². The fourth-order valence-electron chi connectivity index (χ4n) is 2.72. The molecular weight excluding hydrogens is 291 g/mol. The molecule has 1 unspecified atom stereocenters. The lowest BCUT2D eigenvalue weighted by Crippen LogP contribution is -2.28. The first kappa shape index (κ1) is 14.0. The van der Waals surface area contributed by atoms with E-state index in [1.807, 2.05) is 18.2 Å². The zero-order valence-electron chi connectivity index (χ0n) is 11.3. The Morgan fingerprint density at radius 3 is 3.05 bits per heavy atom. The Kier molecular flexibility index (Phi) is 3.88. The fourth-order valence-corrected chi connectivity index (χ4v) is 3.00. The Morgan fingerprint density at radius 2 is 2.24 bits per heavy atom. The van der Waals surface area contributed by atoms with E-state index in [0.29, 0.717) is 5.02 Å². The van der Waals surface area contributed by atoms with Gasteiger partial charge in [-0.2, -0.15) is 0 Å². The van der Waals surface area contributed by atoms with Gasteiger partial charge in [0.25, 0.3) is 0 Å². The van der Waals surface area contributed by atoms with Crippen LogP contribution >= 0.6 is 11.6 Å². The molecule has 0 saturated carbocycles. The molecule has 0 aliphatic heterocycles. The molecule has 0 fully saturated rings. The van der Waals surface area contributed by atoms with E-state index in [0.717, 1.165) is 24.0 Å². The van der Waals surface area contributed by atoms with Crippen LogP contribution in [0.5, 0.6) is 0 Å². The van der Waals surface area contributed by atoms with Gasteiger partial charge in [0.05, 0.1) is 18.2 Å². The topological polar surface area (TPSA) is 42.0 Å². The van der Waals surface area contributed by atoms with Crippen LogP contribution in [0.1, 0.15) is 29.2 Å². The number of benzene rings is 1. The molecule has 2 aromatic rings. The molecule has 0 saturated heterocycles. The third kappa shape index (κ3) is 2.76. The molecule has 21 heavy (non-hydrogen) atoms. The number of fused-ring (bicyclic) bond motifs is 1. The minimum absolute atomic E-state index is 0.0951. The van der Waals surface area contributed by atoms with Gasteiger partial charge in [-0.3, -0.25) is 9.78 Å². The number of carbonyl (C=O) groups excluding carboxylic acids is 1. The maximum Gasteiger partial charge on any atom is 0.227 e. The quantitative estimate of drug-likeness (QED) is 0.946. The first-order valence-electron chi connectivity index (χ1n) is 6.81. The number of nitrogens with one attached hydrogen (secondary N) is 1. The molecule has 1 amide bonds. The first-order chi connectivity index (χ1) is 10.2. The van der Waals surface area contributed by atoms with Crippen LogP contribution in [0.25, 0.3) is 0 Å². The van der Waals surface area contributed by atoms with Crippen LogP contribution < -0.4 is 5.32 Å². The molecule has 108 valence electrons. The van der Waals surface area contributed by atoms with Crippen molar-refractivity contribution >= 4 is 17.5 Å². The molecule has 0 spiro atoms. The van der Waals surface area contributed by atoms with Gasteiger partial charge in [0.15, 0.2) is 0 Å². The van der Waals surface area contributed by atoms with Gasteiger partial charge < -0.3 is 5.32 Å². The molecule has 0 bridgehead atoms. The highest BCUT2D eigenvalue weighted by Crippen LogP contribution is 2.37. The van der Waals surface area contributed by atoms with E-state index in [4.69, 9.17) is 11.6 Å². The van der Waals surface area contributed by atoms with Gasteiger partial charge in [-0.15, -0.1) is 0 Å². The van der Waals surface area contributed by atoms with Gasteiger partial charge >= 0.3 is 0 Å². The number of carbonyl (C=O) groups is 1. The minimum Gasteiger partial charge on any atom is -0.350 e. The smallest absolute Gasteiger partial charge is 0.227 e. The largest absolute Gasteiger partial charge is 0.350 e. The van der Waals surface area contributed by atoms with E-state index in [1.54, 1.807) is 0 Å². The molecule has 3 nitrogen and oxygen atoms in total. The van der Waals surface area contributed by atoms with E-state index in [2.05, 4.69) is 10.3 Å². The van der Waals surface area contributed by atoms with Crippen molar-refractivity contribution in [1.29, 1.82) is 0 Å². The highest BCUT2D eigenvalue weighted by atomic mass is 35.5. The van der Waals surface area contributed by atoms with Gasteiger partial charge in [0.1, 0.15) is 5.82 Å². The van der Waals surface area contributed by atoms with Gasteiger partial charge in [0, 0.05) is 11.2 Å². The van der Waals surface area contributed by atoms with Crippen molar-refractivity contribution in [3.05, 3.63) is 64.2 Å². The van der Waals surface area contributed by atoms with Crippen LogP contribution in [0.4, 0.5) is 4.39 Å². The molecule has 1 aromatic heterocycles. The van der Waals surface area contributed by atoms with Crippen molar-refractivity contribution in [2.24, 2.45) is 0 Å². The molecule has 1 aliphatic rings. The predicted molar refractivity (Wildman–Crippen MR) is 78.6 cm³/mol. The lowest BCUT2D eigenvalue weighted by Gasteiger charge is -2.12. The maximum atomic E-state index is 13.5. The molecule has 1 aliphatic carbocycles. The summed E-state index contributed by atoms with van der Waals surface area (Å²) in [6.07, 6.45) is 3.04. The number of hydrogen-bond acceptors (Lipinski definition) is 2. The third-order valence-electron chi connectivity index (χ3n) is 3.79. The van der Waals surface area contributed by atoms with Crippen molar-refractivity contribution < 1.29 is 9.18 Å². The Bertz CT molecular complexity index is 690. The lowest BCUT2D eigenvalue weighted by molar-refractivity contribution is -0.122. The predicted octanol–water partition coefficient (Wildman–Crippen LogP) is 3.22. The summed E-state index contributed by atoms with van der Waals surface area (Å²) in [6, 6.07) is 8.48. The Hall–Kier alpha value is -1.94. The molecular formula is C16H14ClFN2O. The van der Waals surface area contributed by atoms with Crippen molar-refractivity contribution in [3.8, 4) is 0 Å². The summed E-state index contributed by atoms with van der Waals surface area (Å²) in [5, 5.41) is 3.46. The molecule has 3 rings (SSSR count). The van der Waals surface area contributed by atoms with Crippen LogP contribution in [-0.2, 0) is 17.8 Å². The number of rotatable bonds is 3. The molecule has 1 heterocycles. The molecule has 1 N–H and O–H groups in total. The van der Waals surface area contributed by atoms with Crippen LogP contribution in [0.2, 0.25) is 5.02 Å². The summed E-state index contributed by atoms with van der Waals surface area (Å²) in [4.78, 5) is 16.2. The van der Waals surface area contributed by atoms with E-state index in [-0.39, 0.29) is 24.1 Å². The summed E-state index contributed by atoms with van der Waals surface area (Å²) >= 11 is 6.14. The summed E-state index contributed by atoms with van der Waals surface area (Å²) in [7, 11) is 0. The molecule has 1 atom stereocenters. The second kappa shape index (κ2) is 5.82. The van der Waals surface area contributed by atoms with Crippen LogP contribution in [0.3, 0.4) is 0 Å². The van der Waals surface area contributed by atoms with E-state index in [1.165, 1.54) is 18.3 Å². The van der Waals surface area contributed by atoms with Gasteiger partial charge in [-0.1, -0.05) is 23.7 Å². The summed E-state index contributed by atoms with van der Waals surface area (Å²) in [6.45, 7) is 0.0951. The number of amides is 1. The Morgan fingerprint density at radius 1 is 1.38 bits per heavy atom. The van der Waals surface area contributed by atoms with E-state index >= 15 is 0 Å². The fraction of sp³-hybridized carbons (Fsp3) is 0.250. The SMILES string of the molecule is O=C(NCc1ncccc1F)C1CCc2c(Cl)cccc21. The Balaban J connectivity index is 1.71. The zero-order chi connectivity index (χ0) is 14.8. The lowest BCUT2D eigenvalue weighted by atomic mass is 10.0. The Labute approximate surface area is 127 Å². The summed E-state index contributed by atoms with van der Waals surface area (Å²) in [5.41, 5.74) is 2.26. The summed E-state index contributed by atoms with van der Waals surface area (Å²) < 4.78 is 13.5. The standard InChI is InChI=1S/C16H14ClFN2O/c17-13-4-1-3-10-11(13)6-7-12(10)16(21)20-9-15-14(18)5-2-8-19-15/h1-5,8,12H,6-7,9H2,(H,20,21). The number of hydrogen-bond donors (Lipinski definition) is 1. The van der Waals surface area contributed by atoms with Crippen LogP contribution in [0.15, 0.2) is 36.5 Å². The number of aromatic nitrogens is 1. The second-order valence-electron chi connectivity index (χ2n) is 5.05. The van der Waals surface area contributed by atoms with Crippen molar-refractivity contribution in [2.45, 2.75) is 25.3 Å². The van der Waals surface area contributed by atoms with Crippen molar-refractivity contribution in [1.82, 2.24) is 10.3 Å². The van der Waals surface area contributed by atoms with E-state index in [9.17, 15) is 9.18 Å². The second-order valence-corrected chi connectivity index (χ2v) is 5.46. The van der Waals surface area contributed by atoms with Crippen LogP contribution in [-0.4, -0.2) is 10.9 Å². The highest BCUT2D eigenvalue weighted by Gasteiger charge is 2.29. The number of halogens is 2. The molecule has 0 radical (unpaired) electrons. The average Bonchev–Trinajstić information content (AvgIpc) is 2.91. The maximum absolute atomic E-state index is 13.5. The summed E-state index contributed by atoms with van der Waals surface area (Å²) in [5.74, 6) is -0.737. The van der Waals surface area contributed by atoms with Gasteiger partial charge in [0.2, 0.25) is 5.91 Å². The van der Waals surface area contributed by atoms with Gasteiger partial charge in [-0.25, -0.2) is 4.39 Å². The van der Waals surface area contributed by atoms with Crippen molar-refractivity contribution in [2.75, 3.05) is 0 Å². The monoisotopic (exact) mass is 304 g/mol. The van der Waals surface area contributed by atoms with Crippen LogP contribution in [0, 0.1) is 5.82 Å². The number of pyridine rings is 1. The normalized spacial score (nSPS) is 16.6. The average molecular weight is 305 g/mol. The third-order valence-corrected chi connectivity index (χ3v) is 4.15. The zero-order valence-corrected chi connectivity index (χ0v) is 12.0. The number of nitrogens with zero attached hydrogens (tertiary/aromatic N) is 1. The highest BCUT2D eigenvalue weighted by molar-refractivity contribution is 6.31. The van der Waals surface area contributed by atoms with Crippen molar-refractivity contribution in [3.63, 3.8) is 0 Å². The molecule has 5 heteroatoms. The molecule has 1 aromatic carbocycles. The van der Waals surface area contributed by atoms with E-state index < -0.39 is 5.82 Å². The first-order valence-corrected chi connectivity index (χ1v) is 7.19.